The van der Waals surface area contributed by atoms with Crippen LogP contribution in [0, 0.1) is 11.7 Å². The first-order valence-corrected chi connectivity index (χ1v) is 9.98. The molecule has 3 heterocycles. The van der Waals surface area contributed by atoms with Crippen LogP contribution in [0.15, 0.2) is 40.8 Å². The van der Waals surface area contributed by atoms with Gasteiger partial charge in [0.2, 0.25) is 0 Å². The molecule has 1 aromatic carbocycles. The molecule has 138 valence electrons. The zero-order valence-electron chi connectivity index (χ0n) is 14.8. The standard InChI is InChI=1S/C21H19FN2O2S/c1-11-6-7-13-17(10-11)27-21-18(13)20(25)23-19(24-21)16-9-8-15(26-16)12-4-2-3-5-14(12)22/h2-5,8-9,11,19,24H,6-7,10H2,1H3,(H,23,25)/t11-,19+/m0/s1. The lowest BCUT2D eigenvalue weighted by atomic mass is 9.88. The maximum Gasteiger partial charge on any atom is 0.256 e. The van der Waals surface area contributed by atoms with E-state index in [0.717, 1.165) is 29.8 Å². The van der Waals surface area contributed by atoms with Crippen LogP contribution in [-0.4, -0.2) is 5.91 Å². The van der Waals surface area contributed by atoms with Gasteiger partial charge >= 0.3 is 0 Å². The zero-order chi connectivity index (χ0) is 18.5. The predicted molar refractivity (Wildman–Crippen MR) is 103 cm³/mol. The number of thiophene rings is 1. The first-order chi connectivity index (χ1) is 13.1. The molecule has 27 heavy (non-hydrogen) atoms. The smallest absolute Gasteiger partial charge is 0.256 e. The zero-order valence-corrected chi connectivity index (χ0v) is 15.7. The van der Waals surface area contributed by atoms with Crippen LogP contribution in [0.2, 0.25) is 0 Å². The van der Waals surface area contributed by atoms with Crippen LogP contribution < -0.4 is 10.6 Å². The Bertz CT molecular complexity index is 1040. The van der Waals surface area contributed by atoms with Gasteiger partial charge in [0.1, 0.15) is 22.3 Å². The molecule has 4 nitrogen and oxygen atoms in total. The number of benzene rings is 1. The van der Waals surface area contributed by atoms with E-state index >= 15 is 0 Å². The van der Waals surface area contributed by atoms with Gasteiger partial charge in [0, 0.05) is 4.88 Å². The Labute approximate surface area is 160 Å². The van der Waals surface area contributed by atoms with E-state index in [1.54, 1.807) is 41.7 Å². The van der Waals surface area contributed by atoms with Crippen molar-refractivity contribution >= 4 is 22.2 Å². The average molecular weight is 382 g/mol. The number of carbonyl (C=O) groups excluding carboxylic acids is 1. The highest BCUT2D eigenvalue weighted by molar-refractivity contribution is 7.16. The molecule has 0 saturated carbocycles. The Hall–Kier alpha value is -2.60. The van der Waals surface area contributed by atoms with Gasteiger partial charge in [-0.2, -0.15) is 0 Å². The van der Waals surface area contributed by atoms with E-state index in [2.05, 4.69) is 17.6 Å². The molecule has 0 unspecified atom stereocenters. The van der Waals surface area contributed by atoms with Gasteiger partial charge < -0.3 is 15.1 Å². The maximum atomic E-state index is 14.0. The van der Waals surface area contributed by atoms with Gasteiger partial charge in [0.05, 0.1) is 11.1 Å². The van der Waals surface area contributed by atoms with Crippen molar-refractivity contribution < 1.29 is 13.6 Å². The highest BCUT2D eigenvalue weighted by Gasteiger charge is 2.34. The molecule has 0 bridgehead atoms. The van der Waals surface area contributed by atoms with Crippen LogP contribution in [0.3, 0.4) is 0 Å². The first kappa shape index (κ1) is 16.6. The molecule has 0 radical (unpaired) electrons. The van der Waals surface area contributed by atoms with Crippen LogP contribution in [0.1, 0.15) is 46.1 Å². The molecule has 2 N–H and O–H groups in total. The molecule has 0 fully saturated rings. The number of hydrogen-bond acceptors (Lipinski definition) is 4. The molecular formula is C21H19FN2O2S. The minimum atomic E-state index is -0.456. The lowest BCUT2D eigenvalue weighted by Gasteiger charge is -2.25. The topological polar surface area (TPSA) is 54.3 Å². The molecule has 2 aliphatic rings. The van der Waals surface area contributed by atoms with Crippen LogP contribution >= 0.6 is 11.3 Å². The van der Waals surface area contributed by atoms with Gasteiger partial charge in [-0.25, -0.2) is 4.39 Å². The van der Waals surface area contributed by atoms with E-state index in [0.29, 0.717) is 23.0 Å². The number of fused-ring (bicyclic) bond motifs is 3. The summed E-state index contributed by atoms with van der Waals surface area (Å²) in [4.78, 5) is 14.1. The molecule has 1 aliphatic heterocycles. The monoisotopic (exact) mass is 382 g/mol. The third-order valence-electron chi connectivity index (χ3n) is 5.34. The fourth-order valence-electron chi connectivity index (χ4n) is 3.92. The molecule has 2 aromatic heterocycles. The Morgan fingerprint density at radius 1 is 1.19 bits per heavy atom. The van der Waals surface area contributed by atoms with Crippen molar-refractivity contribution in [2.24, 2.45) is 5.92 Å². The maximum absolute atomic E-state index is 14.0. The fourth-order valence-corrected chi connectivity index (χ4v) is 5.36. The number of anilines is 1. The minimum Gasteiger partial charge on any atom is -0.457 e. The summed E-state index contributed by atoms with van der Waals surface area (Å²) >= 11 is 1.68. The van der Waals surface area contributed by atoms with Crippen molar-refractivity contribution in [2.75, 3.05) is 5.32 Å². The second-order valence-electron chi connectivity index (χ2n) is 7.29. The summed E-state index contributed by atoms with van der Waals surface area (Å²) < 4.78 is 19.9. The number of rotatable bonds is 2. The average Bonchev–Trinajstić information content (AvgIpc) is 3.26. The largest absolute Gasteiger partial charge is 0.457 e. The number of amides is 1. The van der Waals surface area contributed by atoms with Gasteiger partial charge in [0.25, 0.3) is 5.91 Å². The summed E-state index contributed by atoms with van der Waals surface area (Å²) in [5.74, 6) is 1.27. The van der Waals surface area contributed by atoms with Crippen LogP contribution in [-0.2, 0) is 12.8 Å². The molecule has 1 aliphatic carbocycles. The van der Waals surface area contributed by atoms with Gasteiger partial charge in [0.15, 0.2) is 6.17 Å². The van der Waals surface area contributed by atoms with Crippen LogP contribution in [0.25, 0.3) is 11.3 Å². The summed E-state index contributed by atoms with van der Waals surface area (Å²) in [6, 6.07) is 10.0. The van der Waals surface area contributed by atoms with Crippen molar-refractivity contribution in [3.8, 4) is 11.3 Å². The predicted octanol–water partition coefficient (Wildman–Crippen LogP) is 5.13. The van der Waals surface area contributed by atoms with Gasteiger partial charge in [-0.15, -0.1) is 11.3 Å². The fraction of sp³-hybridized carbons (Fsp3) is 0.286. The summed E-state index contributed by atoms with van der Waals surface area (Å²) in [5, 5.41) is 7.29. The summed E-state index contributed by atoms with van der Waals surface area (Å²) in [7, 11) is 0. The number of carbonyl (C=O) groups is 1. The molecule has 0 saturated heterocycles. The van der Waals surface area contributed by atoms with Crippen molar-refractivity contribution in [2.45, 2.75) is 32.4 Å². The lowest BCUT2D eigenvalue weighted by molar-refractivity contribution is 0.0930. The molecule has 0 spiro atoms. The Morgan fingerprint density at radius 3 is 2.89 bits per heavy atom. The second-order valence-corrected chi connectivity index (χ2v) is 8.39. The van der Waals surface area contributed by atoms with E-state index in [-0.39, 0.29) is 11.7 Å². The second kappa shape index (κ2) is 6.23. The number of furan rings is 1. The third-order valence-corrected chi connectivity index (χ3v) is 6.53. The molecule has 6 heteroatoms. The van der Waals surface area contributed by atoms with E-state index in [1.165, 1.54) is 16.5 Å². The summed E-state index contributed by atoms with van der Waals surface area (Å²) in [6.07, 6.45) is 2.66. The van der Waals surface area contributed by atoms with Crippen molar-refractivity contribution in [3.05, 3.63) is 64.0 Å². The van der Waals surface area contributed by atoms with Crippen molar-refractivity contribution in [1.82, 2.24) is 5.32 Å². The first-order valence-electron chi connectivity index (χ1n) is 9.16. The van der Waals surface area contributed by atoms with Crippen LogP contribution in [0.4, 0.5) is 9.39 Å². The van der Waals surface area contributed by atoms with Gasteiger partial charge in [-0.1, -0.05) is 19.1 Å². The Kier molecular flexibility index (Phi) is 3.82. The summed E-state index contributed by atoms with van der Waals surface area (Å²) in [5.41, 5.74) is 2.40. The Balaban J connectivity index is 1.46. The SMILES string of the molecule is C[C@H]1CCc2c(sc3c2C(=O)N[C@@H](c2ccc(-c4ccccc4F)o2)N3)C1. The molecule has 1 amide bonds. The van der Waals surface area contributed by atoms with E-state index in [1.807, 2.05) is 0 Å². The third kappa shape index (κ3) is 2.75. The van der Waals surface area contributed by atoms with Gasteiger partial charge in [-0.05, 0) is 55.0 Å². The quantitative estimate of drug-likeness (QED) is 0.646. The minimum absolute atomic E-state index is 0.0651. The molecule has 2 atom stereocenters. The molecule has 3 aromatic rings. The lowest BCUT2D eigenvalue weighted by Crippen LogP contribution is -2.38. The number of nitrogens with one attached hydrogen (secondary N) is 2. The normalized spacial score (nSPS) is 21.2. The summed E-state index contributed by atoms with van der Waals surface area (Å²) in [6.45, 7) is 2.26. The van der Waals surface area contributed by atoms with Crippen molar-refractivity contribution in [3.63, 3.8) is 0 Å². The number of halogens is 1. The molecule has 5 rings (SSSR count). The van der Waals surface area contributed by atoms with E-state index in [9.17, 15) is 9.18 Å². The highest BCUT2D eigenvalue weighted by Crippen LogP contribution is 2.43. The van der Waals surface area contributed by atoms with Gasteiger partial charge in [-0.3, -0.25) is 4.79 Å². The Morgan fingerprint density at radius 2 is 2.04 bits per heavy atom. The molecular weight excluding hydrogens is 363 g/mol. The van der Waals surface area contributed by atoms with E-state index in [4.69, 9.17) is 4.42 Å². The van der Waals surface area contributed by atoms with Crippen molar-refractivity contribution in [1.29, 1.82) is 0 Å². The van der Waals surface area contributed by atoms with E-state index < -0.39 is 6.17 Å². The highest BCUT2D eigenvalue weighted by atomic mass is 32.1. The van der Waals surface area contributed by atoms with Crippen LogP contribution in [0.5, 0.6) is 0 Å². The number of hydrogen-bond donors (Lipinski definition) is 2.